The molecule has 0 saturated heterocycles. The molecule has 4 aromatic rings. The van der Waals surface area contributed by atoms with E-state index < -0.39 is 0 Å². The van der Waals surface area contributed by atoms with Crippen LogP contribution in [0.15, 0.2) is 79.4 Å². The van der Waals surface area contributed by atoms with E-state index in [1.165, 1.54) is 10.9 Å². The number of fused-ring (bicyclic) bond motifs is 1. The highest BCUT2D eigenvalue weighted by atomic mass is 16.2. The molecule has 0 aliphatic heterocycles. The van der Waals surface area contributed by atoms with Crippen molar-refractivity contribution in [3.8, 4) is 11.3 Å². The minimum absolute atomic E-state index is 0.312. The molecule has 0 aliphatic rings. The summed E-state index contributed by atoms with van der Waals surface area (Å²) in [6.45, 7) is 5.97. The summed E-state index contributed by atoms with van der Waals surface area (Å²) in [7, 11) is 0. The number of hydrogen-bond acceptors (Lipinski definition) is 3. The van der Waals surface area contributed by atoms with E-state index in [9.17, 15) is 4.79 Å². The van der Waals surface area contributed by atoms with Gasteiger partial charge in [-0.3, -0.25) is 20.7 Å². The fourth-order valence-electron chi connectivity index (χ4n) is 2.96. The van der Waals surface area contributed by atoms with Gasteiger partial charge in [0.2, 0.25) is 0 Å². The third kappa shape index (κ3) is 3.64. The van der Waals surface area contributed by atoms with Crippen LogP contribution < -0.4 is 10.9 Å². The van der Waals surface area contributed by atoms with Gasteiger partial charge in [-0.05, 0) is 35.4 Å². The second kappa shape index (κ2) is 7.40. The van der Waals surface area contributed by atoms with Crippen LogP contribution in [0.4, 0.5) is 0 Å². The number of carbonyl (C=O) groups excluding carboxylic acids is 1. The van der Waals surface area contributed by atoms with Crippen LogP contribution in [-0.4, -0.2) is 16.1 Å². The van der Waals surface area contributed by atoms with Crippen LogP contribution in [0, 0.1) is 6.92 Å². The number of hydrogen-bond donors (Lipinski definition) is 3. The monoisotopic (exact) mass is 368 g/mol. The standard InChI is InChI=1S/C23H20N4O/c1-15-7-9-17(10-8-15)16(2)24-27-23(28)22-14-21(25-26-22)20-12-11-18-5-3-4-6-19(18)13-20/h3-14,24H,2H2,1H3,(H,25,26)(H,27,28). The van der Waals surface area contributed by atoms with Gasteiger partial charge in [0.25, 0.3) is 5.91 Å². The predicted molar refractivity (Wildman–Crippen MR) is 112 cm³/mol. The van der Waals surface area contributed by atoms with Crippen molar-refractivity contribution in [2.24, 2.45) is 0 Å². The van der Waals surface area contributed by atoms with Gasteiger partial charge < -0.3 is 0 Å². The number of amides is 1. The number of aromatic amines is 1. The molecular weight excluding hydrogens is 348 g/mol. The Morgan fingerprint density at radius 1 is 0.929 bits per heavy atom. The van der Waals surface area contributed by atoms with Crippen molar-refractivity contribution >= 4 is 22.4 Å². The molecule has 0 unspecified atom stereocenters. The van der Waals surface area contributed by atoms with Crippen molar-refractivity contribution in [1.82, 2.24) is 21.0 Å². The summed E-state index contributed by atoms with van der Waals surface area (Å²) in [5, 5.41) is 9.36. The number of hydrazine groups is 1. The van der Waals surface area contributed by atoms with Crippen molar-refractivity contribution in [1.29, 1.82) is 0 Å². The predicted octanol–water partition coefficient (Wildman–Crippen LogP) is 4.44. The zero-order valence-corrected chi connectivity index (χ0v) is 15.5. The number of rotatable bonds is 5. The van der Waals surface area contributed by atoms with Gasteiger partial charge in [0.15, 0.2) is 0 Å². The van der Waals surface area contributed by atoms with Gasteiger partial charge in [-0.25, -0.2) is 0 Å². The molecule has 1 amide bonds. The number of aromatic nitrogens is 2. The smallest absolute Gasteiger partial charge is 0.287 e. The van der Waals surface area contributed by atoms with Gasteiger partial charge in [-0.2, -0.15) is 5.10 Å². The molecule has 0 spiro atoms. The van der Waals surface area contributed by atoms with Gasteiger partial charge in [-0.15, -0.1) is 0 Å². The average molecular weight is 368 g/mol. The molecule has 0 radical (unpaired) electrons. The van der Waals surface area contributed by atoms with E-state index in [-0.39, 0.29) is 5.91 Å². The summed E-state index contributed by atoms with van der Waals surface area (Å²) >= 11 is 0. The number of nitrogens with one attached hydrogen (secondary N) is 3. The third-order valence-corrected chi connectivity index (χ3v) is 4.59. The Kier molecular flexibility index (Phi) is 4.64. The first-order valence-electron chi connectivity index (χ1n) is 8.97. The molecule has 0 bridgehead atoms. The van der Waals surface area contributed by atoms with Crippen LogP contribution in [0.5, 0.6) is 0 Å². The zero-order chi connectivity index (χ0) is 19.5. The van der Waals surface area contributed by atoms with Crippen molar-refractivity contribution in [2.75, 3.05) is 0 Å². The number of carbonyl (C=O) groups is 1. The first-order valence-corrected chi connectivity index (χ1v) is 8.97. The highest BCUT2D eigenvalue weighted by Crippen LogP contribution is 2.23. The lowest BCUT2D eigenvalue weighted by Gasteiger charge is -2.10. The normalized spacial score (nSPS) is 10.6. The lowest BCUT2D eigenvalue weighted by atomic mass is 10.1. The molecule has 0 saturated carbocycles. The zero-order valence-electron chi connectivity index (χ0n) is 15.5. The molecule has 1 heterocycles. The minimum atomic E-state index is -0.312. The van der Waals surface area contributed by atoms with Gasteiger partial charge >= 0.3 is 0 Å². The Balaban J connectivity index is 1.45. The number of aryl methyl sites for hydroxylation is 1. The molecule has 5 heteroatoms. The molecule has 138 valence electrons. The highest BCUT2D eigenvalue weighted by molar-refractivity contribution is 5.94. The number of nitrogens with zero attached hydrogens (tertiary/aromatic N) is 1. The molecule has 3 N–H and O–H groups in total. The lowest BCUT2D eigenvalue weighted by molar-refractivity contribution is 0.0937. The maximum atomic E-state index is 12.4. The molecule has 0 aliphatic carbocycles. The first kappa shape index (κ1) is 17.5. The van der Waals surface area contributed by atoms with Crippen LogP contribution in [0.2, 0.25) is 0 Å². The Morgan fingerprint density at radius 2 is 1.68 bits per heavy atom. The van der Waals surface area contributed by atoms with Crippen molar-refractivity contribution < 1.29 is 4.79 Å². The largest absolute Gasteiger partial charge is 0.298 e. The summed E-state index contributed by atoms with van der Waals surface area (Å²) in [4.78, 5) is 12.4. The van der Waals surface area contributed by atoms with E-state index in [4.69, 9.17) is 0 Å². The molecule has 28 heavy (non-hydrogen) atoms. The summed E-state index contributed by atoms with van der Waals surface area (Å²) in [6, 6.07) is 23.9. The number of H-pyrrole nitrogens is 1. The van der Waals surface area contributed by atoms with Crippen LogP contribution >= 0.6 is 0 Å². The molecule has 4 rings (SSSR count). The fourth-order valence-corrected chi connectivity index (χ4v) is 2.96. The van der Waals surface area contributed by atoms with Gasteiger partial charge in [0.05, 0.1) is 11.4 Å². The van der Waals surface area contributed by atoms with Crippen molar-refractivity contribution in [2.45, 2.75) is 6.92 Å². The topological polar surface area (TPSA) is 69.8 Å². The van der Waals surface area contributed by atoms with E-state index >= 15 is 0 Å². The molecule has 0 atom stereocenters. The SMILES string of the molecule is C=C(NNC(=O)c1cc(-c2ccc3ccccc3c2)n[nH]1)c1ccc(C)cc1. The second-order valence-electron chi connectivity index (χ2n) is 6.65. The molecule has 5 nitrogen and oxygen atoms in total. The van der Waals surface area contributed by atoms with Gasteiger partial charge in [0, 0.05) is 5.56 Å². The minimum Gasteiger partial charge on any atom is -0.298 e. The van der Waals surface area contributed by atoms with E-state index in [1.54, 1.807) is 6.07 Å². The summed E-state index contributed by atoms with van der Waals surface area (Å²) in [5.74, 6) is -0.312. The van der Waals surface area contributed by atoms with Crippen LogP contribution in [-0.2, 0) is 0 Å². The average Bonchev–Trinajstić information content (AvgIpc) is 3.22. The Labute approximate surface area is 163 Å². The number of benzene rings is 3. The lowest BCUT2D eigenvalue weighted by Crippen LogP contribution is -2.36. The van der Waals surface area contributed by atoms with Crippen LogP contribution in [0.25, 0.3) is 27.7 Å². The maximum Gasteiger partial charge on any atom is 0.287 e. The summed E-state index contributed by atoms with van der Waals surface area (Å²) in [5.41, 5.74) is 10.2. The fraction of sp³-hybridized carbons (Fsp3) is 0.0435. The Hall–Kier alpha value is -3.86. The summed E-state index contributed by atoms with van der Waals surface area (Å²) < 4.78 is 0. The third-order valence-electron chi connectivity index (χ3n) is 4.59. The van der Waals surface area contributed by atoms with Gasteiger partial charge in [-0.1, -0.05) is 72.8 Å². The molecule has 3 aromatic carbocycles. The van der Waals surface area contributed by atoms with Crippen LogP contribution in [0.1, 0.15) is 21.6 Å². The Bertz CT molecular complexity index is 1160. The quantitative estimate of drug-likeness (QED) is 0.456. The maximum absolute atomic E-state index is 12.4. The highest BCUT2D eigenvalue weighted by Gasteiger charge is 2.11. The van der Waals surface area contributed by atoms with E-state index in [0.717, 1.165) is 16.5 Å². The molecule has 1 aromatic heterocycles. The first-order chi connectivity index (χ1) is 13.6. The van der Waals surface area contributed by atoms with Crippen molar-refractivity contribution in [3.63, 3.8) is 0 Å². The summed E-state index contributed by atoms with van der Waals surface area (Å²) in [6.07, 6.45) is 0. The van der Waals surface area contributed by atoms with Crippen molar-refractivity contribution in [3.05, 3.63) is 96.2 Å². The molecular formula is C23H20N4O. The van der Waals surface area contributed by atoms with E-state index in [0.29, 0.717) is 17.1 Å². The second-order valence-corrected chi connectivity index (χ2v) is 6.65. The molecule has 0 fully saturated rings. The Morgan fingerprint density at radius 3 is 2.46 bits per heavy atom. The van der Waals surface area contributed by atoms with Gasteiger partial charge in [0.1, 0.15) is 5.69 Å². The van der Waals surface area contributed by atoms with E-state index in [1.807, 2.05) is 55.5 Å². The van der Waals surface area contributed by atoms with E-state index in [2.05, 4.69) is 45.8 Å². The van der Waals surface area contributed by atoms with Crippen LogP contribution in [0.3, 0.4) is 0 Å².